The van der Waals surface area contributed by atoms with E-state index >= 15 is 0 Å². The molecule has 0 bridgehead atoms. The number of carbonyl (C=O) groups is 3. The number of carbonyl (C=O) groups excluding carboxylic acids is 3. The van der Waals surface area contributed by atoms with E-state index in [1.165, 1.54) is 24.3 Å². The quantitative estimate of drug-likeness (QED) is 0.304. The third-order valence-corrected chi connectivity index (χ3v) is 5.48. The summed E-state index contributed by atoms with van der Waals surface area (Å²) in [7, 11) is 0. The molecule has 0 saturated heterocycles. The highest BCUT2D eigenvalue weighted by molar-refractivity contribution is 6.34. The van der Waals surface area contributed by atoms with Gasteiger partial charge in [-0.2, -0.15) is 5.01 Å². The van der Waals surface area contributed by atoms with E-state index in [0.717, 1.165) is 11.1 Å². The fourth-order valence-corrected chi connectivity index (χ4v) is 3.74. The Morgan fingerprint density at radius 1 is 0.938 bits per heavy atom. The average molecular weight is 470 g/mol. The first-order valence-corrected chi connectivity index (χ1v) is 10.0. The highest BCUT2D eigenvalue weighted by Gasteiger charge is 2.45. The maximum Gasteiger partial charge on any atom is 0.287 e. The van der Waals surface area contributed by atoms with Gasteiger partial charge in [-0.05, 0) is 35.9 Å². The Morgan fingerprint density at radius 3 is 2.28 bits per heavy atom. The number of nitro benzene ring substituents is 1. The molecule has 3 amide bonds. The predicted octanol–water partition coefficient (Wildman–Crippen LogP) is 4.76. The van der Waals surface area contributed by atoms with Crippen LogP contribution in [-0.2, 0) is 6.54 Å². The third-order valence-electron chi connectivity index (χ3n) is 4.89. The topological polar surface area (TPSA) is 101 Å². The smallest absolute Gasteiger partial charge is 0.267 e. The zero-order valence-corrected chi connectivity index (χ0v) is 17.7. The van der Waals surface area contributed by atoms with Crippen molar-refractivity contribution in [1.82, 2.24) is 10.0 Å². The number of amides is 3. The number of hydrogen-bond acceptors (Lipinski definition) is 5. The predicted molar refractivity (Wildman–Crippen MR) is 116 cm³/mol. The van der Waals surface area contributed by atoms with E-state index in [2.05, 4.69) is 0 Å². The van der Waals surface area contributed by atoms with Gasteiger partial charge in [0.05, 0.1) is 27.6 Å². The van der Waals surface area contributed by atoms with Crippen LogP contribution in [0.15, 0.2) is 66.7 Å². The minimum absolute atomic E-state index is 0.0641. The third kappa shape index (κ3) is 3.70. The molecule has 10 heteroatoms. The van der Waals surface area contributed by atoms with Gasteiger partial charge >= 0.3 is 0 Å². The van der Waals surface area contributed by atoms with Crippen molar-refractivity contribution in [3.05, 3.63) is 109 Å². The maximum atomic E-state index is 13.4. The Bertz CT molecular complexity index is 1280. The van der Waals surface area contributed by atoms with E-state index in [1.54, 1.807) is 36.4 Å². The van der Waals surface area contributed by atoms with Crippen LogP contribution >= 0.6 is 23.2 Å². The first-order chi connectivity index (χ1) is 15.3. The molecule has 0 aliphatic carbocycles. The molecule has 0 aromatic heterocycles. The van der Waals surface area contributed by atoms with Crippen molar-refractivity contribution in [3.63, 3.8) is 0 Å². The Morgan fingerprint density at radius 2 is 1.62 bits per heavy atom. The lowest BCUT2D eigenvalue weighted by Gasteiger charge is -2.30. The number of benzene rings is 3. The Balaban J connectivity index is 1.82. The number of imide groups is 1. The highest BCUT2D eigenvalue weighted by atomic mass is 35.5. The van der Waals surface area contributed by atoms with Gasteiger partial charge in [-0.3, -0.25) is 24.5 Å². The fourth-order valence-electron chi connectivity index (χ4n) is 3.40. The molecular weight excluding hydrogens is 457 g/mol. The summed E-state index contributed by atoms with van der Waals surface area (Å²) in [5.74, 6) is -2.53. The molecule has 3 aromatic carbocycles. The fraction of sp³-hybridized carbons (Fsp3) is 0.0455. The first-order valence-electron chi connectivity index (χ1n) is 9.26. The van der Waals surface area contributed by atoms with E-state index in [-0.39, 0.29) is 28.3 Å². The van der Waals surface area contributed by atoms with Gasteiger partial charge in [0, 0.05) is 11.1 Å². The summed E-state index contributed by atoms with van der Waals surface area (Å²) >= 11 is 12.1. The van der Waals surface area contributed by atoms with Crippen molar-refractivity contribution in [3.8, 4) is 0 Å². The van der Waals surface area contributed by atoms with Gasteiger partial charge in [-0.1, -0.05) is 53.5 Å². The minimum atomic E-state index is -0.966. The van der Waals surface area contributed by atoms with E-state index < -0.39 is 28.3 Å². The van der Waals surface area contributed by atoms with Crippen molar-refractivity contribution < 1.29 is 19.3 Å². The van der Waals surface area contributed by atoms with Crippen LogP contribution in [0, 0.1) is 10.1 Å². The van der Waals surface area contributed by atoms with Gasteiger partial charge in [0.25, 0.3) is 23.4 Å². The lowest BCUT2D eigenvalue weighted by Crippen LogP contribution is -2.49. The molecule has 3 aromatic rings. The molecule has 0 atom stereocenters. The van der Waals surface area contributed by atoms with Crippen LogP contribution in [0.1, 0.15) is 36.6 Å². The van der Waals surface area contributed by atoms with Gasteiger partial charge in [-0.15, -0.1) is 0 Å². The Labute approximate surface area is 191 Å². The molecule has 0 spiro atoms. The first kappa shape index (κ1) is 21.5. The van der Waals surface area contributed by atoms with E-state index in [9.17, 15) is 24.5 Å². The molecule has 0 saturated carbocycles. The lowest BCUT2D eigenvalue weighted by molar-refractivity contribution is -0.385. The monoisotopic (exact) mass is 469 g/mol. The van der Waals surface area contributed by atoms with Crippen molar-refractivity contribution in [2.75, 3.05) is 0 Å². The molecule has 1 heterocycles. The second-order valence-corrected chi connectivity index (χ2v) is 7.69. The number of hydrogen-bond donors (Lipinski definition) is 0. The van der Waals surface area contributed by atoms with Gasteiger partial charge in [0.1, 0.15) is 5.56 Å². The molecule has 0 unspecified atom stereocenters. The van der Waals surface area contributed by atoms with Gasteiger partial charge < -0.3 is 0 Å². The summed E-state index contributed by atoms with van der Waals surface area (Å²) in [6, 6.07) is 16.4. The summed E-state index contributed by atoms with van der Waals surface area (Å²) in [6.45, 7) is -0.180. The molecular formula is C22H13Cl2N3O5. The van der Waals surface area contributed by atoms with Gasteiger partial charge in [-0.25, -0.2) is 5.01 Å². The van der Waals surface area contributed by atoms with Crippen molar-refractivity contribution in [1.29, 1.82) is 0 Å². The van der Waals surface area contributed by atoms with Crippen LogP contribution in [-0.4, -0.2) is 32.7 Å². The van der Waals surface area contributed by atoms with Crippen LogP contribution < -0.4 is 0 Å². The number of halogens is 2. The van der Waals surface area contributed by atoms with Gasteiger partial charge in [0.15, 0.2) is 0 Å². The molecule has 0 fully saturated rings. The number of fused-ring (bicyclic) bond motifs is 1. The number of nitrogens with zero attached hydrogens (tertiary/aromatic N) is 3. The SMILES string of the molecule is O=C(c1ccccc1Cl)N(Cc1ccc(Cl)cc1)N1C(=O)c2cccc([N+](=O)[O-])c2C1=O. The zero-order valence-electron chi connectivity index (χ0n) is 16.2. The van der Waals surface area contributed by atoms with Crippen molar-refractivity contribution >= 4 is 46.6 Å². The second-order valence-electron chi connectivity index (χ2n) is 6.85. The standard InChI is InChI=1S/C22H13Cl2N3O5/c23-14-10-8-13(9-11-14)12-25(20(28)15-4-1-2-6-17(15)24)26-21(29)16-5-3-7-18(27(31)32)19(16)22(26)30/h1-11H,12H2. The maximum absolute atomic E-state index is 13.4. The second kappa shape index (κ2) is 8.41. The van der Waals surface area contributed by atoms with Crippen LogP contribution in [0.25, 0.3) is 0 Å². The number of nitro groups is 1. The molecule has 160 valence electrons. The van der Waals surface area contributed by atoms with Crippen LogP contribution in [0.4, 0.5) is 5.69 Å². The number of hydrazine groups is 1. The largest absolute Gasteiger partial charge is 0.287 e. The normalized spacial score (nSPS) is 12.6. The zero-order chi connectivity index (χ0) is 23.0. The van der Waals surface area contributed by atoms with Crippen LogP contribution in [0.2, 0.25) is 10.0 Å². The summed E-state index contributed by atoms with van der Waals surface area (Å²) < 4.78 is 0. The summed E-state index contributed by atoms with van der Waals surface area (Å²) in [6.07, 6.45) is 0. The molecule has 0 N–H and O–H groups in total. The highest BCUT2D eigenvalue weighted by Crippen LogP contribution is 2.33. The summed E-state index contributed by atoms with van der Waals surface area (Å²) in [5, 5.41) is 13.6. The van der Waals surface area contributed by atoms with Crippen LogP contribution in [0.5, 0.6) is 0 Å². The molecule has 1 aliphatic rings. The summed E-state index contributed by atoms with van der Waals surface area (Å²) in [4.78, 5) is 50.4. The Kier molecular flexibility index (Phi) is 5.65. The molecule has 32 heavy (non-hydrogen) atoms. The van der Waals surface area contributed by atoms with Crippen molar-refractivity contribution in [2.24, 2.45) is 0 Å². The van der Waals surface area contributed by atoms with Gasteiger partial charge in [0.2, 0.25) is 0 Å². The van der Waals surface area contributed by atoms with E-state index in [0.29, 0.717) is 15.6 Å². The van der Waals surface area contributed by atoms with E-state index in [4.69, 9.17) is 23.2 Å². The minimum Gasteiger partial charge on any atom is -0.267 e. The number of rotatable bonds is 5. The molecule has 0 radical (unpaired) electrons. The van der Waals surface area contributed by atoms with Crippen molar-refractivity contribution in [2.45, 2.75) is 6.54 Å². The average Bonchev–Trinajstić information content (AvgIpc) is 3.03. The van der Waals surface area contributed by atoms with E-state index in [1.807, 2.05) is 0 Å². The molecule has 8 nitrogen and oxygen atoms in total. The van der Waals surface area contributed by atoms with Crippen LogP contribution in [0.3, 0.4) is 0 Å². The Hall–Kier alpha value is -3.75. The summed E-state index contributed by atoms with van der Waals surface area (Å²) in [5.41, 5.74) is -0.400. The molecule has 4 rings (SSSR count). The lowest BCUT2D eigenvalue weighted by atomic mass is 10.1. The molecule has 1 aliphatic heterocycles.